The zero-order valence-electron chi connectivity index (χ0n) is 24.1. The highest BCUT2D eigenvalue weighted by Gasteiger charge is 2.42. The summed E-state index contributed by atoms with van der Waals surface area (Å²) in [6.07, 6.45) is 2.76. The van der Waals surface area contributed by atoms with Crippen molar-refractivity contribution in [3.8, 4) is 28.0 Å². The van der Waals surface area contributed by atoms with E-state index in [1.165, 1.54) is 12.1 Å². The van der Waals surface area contributed by atoms with Crippen LogP contribution in [-0.2, 0) is 6.11 Å². The van der Waals surface area contributed by atoms with Crippen LogP contribution in [0, 0.1) is 52.5 Å². The fourth-order valence-electron chi connectivity index (χ4n) is 5.95. The zero-order valence-corrected chi connectivity index (χ0v) is 24.1. The summed E-state index contributed by atoms with van der Waals surface area (Å²) in [5.74, 6) is -13.8. The molecule has 0 saturated heterocycles. The molecule has 0 bridgehead atoms. The maximum atomic E-state index is 15.2. The highest BCUT2D eigenvalue weighted by molar-refractivity contribution is 5.72. The number of ether oxygens (including phenoxy) is 1. The van der Waals surface area contributed by atoms with Crippen LogP contribution in [0.3, 0.4) is 0 Å². The maximum Gasteiger partial charge on any atom is 0.432 e. The van der Waals surface area contributed by atoms with E-state index in [1.807, 2.05) is 6.08 Å². The van der Waals surface area contributed by atoms with Gasteiger partial charge < -0.3 is 4.74 Å². The van der Waals surface area contributed by atoms with Crippen LogP contribution < -0.4 is 4.74 Å². The van der Waals surface area contributed by atoms with Gasteiger partial charge in [0.25, 0.3) is 0 Å². The Morgan fingerprint density at radius 3 is 1.78 bits per heavy atom. The van der Waals surface area contributed by atoms with Crippen LogP contribution in [0.1, 0.15) is 55.6 Å². The Morgan fingerprint density at radius 2 is 1.24 bits per heavy atom. The van der Waals surface area contributed by atoms with Crippen molar-refractivity contribution in [1.29, 1.82) is 0 Å². The third-order valence-corrected chi connectivity index (χ3v) is 8.27. The molecule has 0 unspecified atom stereocenters. The summed E-state index contributed by atoms with van der Waals surface area (Å²) in [4.78, 5) is 0. The van der Waals surface area contributed by atoms with Gasteiger partial charge in [0, 0.05) is 17.7 Å². The summed E-state index contributed by atoms with van der Waals surface area (Å²) in [7, 11) is 0. The van der Waals surface area contributed by atoms with Gasteiger partial charge in [-0.25, -0.2) is 35.1 Å². The Bertz CT molecular complexity index is 1710. The Labute approximate surface area is 258 Å². The Kier molecular flexibility index (Phi) is 9.51. The molecule has 0 N–H and O–H groups in total. The molecule has 4 aromatic carbocycles. The summed E-state index contributed by atoms with van der Waals surface area (Å²) < 4.78 is 149. The molecule has 0 aliphatic heterocycles. The fourth-order valence-corrected chi connectivity index (χ4v) is 5.95. The van der Waals surface area contributed by atoms with Crippen LogP contribution in [0.15, 0.2) is 67.3 Å². The van der Waals surface area contributed by atoms with E-state index >= 15 is 13.2 Å². The summed E-state index contributed by atoms with van der Waals surface area (Å²) in [6, 6.07) is 6.42. The molecule has 11 heteroatoms. The Morgan fingerprint density at radius 1 is 0.674 bits per heavy atom. The quantitative estimate of drug-likeness (QED) is 0.0993. The van der Waals surface area contributed by atoms with Gasteiger partial charge >= 0.3 is 6.11 Å². The molecule has 5 rings (SSSR count). The van der Waals surface area contributed by atoms with Crippen LogP contribution in [0.25, 0.3) is 22.3 Å². The minimum absolute atomic E-state index is 0.0377. The zero-order chi connectivity index (χ0) is 33.3. The van der Waals surface area contributed by atoms with Crippen LogP contribution >= 0.6 is 0 Å². The predicted molar refractivity (Wildman–Crippen MR) is 152 cm³/mol. The van der Waals surface area contributed by atoms with Gasteiger partial charge in [0.1, 0.15) is 40.4 Å². The average molecular weight is 653 g/mol. The van der Waals surface area contributed by atoms with Gasteiger partial charge in [-0.15, -0.1) is 6.58 Å². The predicted octanol–water partition coefficient (Wildman–Crippen LogP) is 11.5. The molecule has 0 radical (unpaired) electrons. The molecule has 0 amide bonds. The molecule has 1 nitrogen and oxygen atoms in total. The van der Waals surface area contributed by atoms with E-state index in [4.69, 9.17) is 0 Å². The van der Waals surface area contributed by atoms with Crippen molar-refractivity contribution in [1.82, 2.24) is 0 Å². The van der Waals surface area contributed by atoms with Gasteiger partial charge in [0.15, 0.2) is 17.5 Å². The first-order chi connectivity index (χ1) is 21.8. The molecule has 242 valence electrons. The van der Waals surface area contributed by atoms with E-state index in [9.17, 15) is 30.7 Å². The van der Waals surface area contributed by atoms with Crippen molar-refractivity contribution >= 4 is 0 Å². The number of hydrogen-bond acceptors (Lipinski definition) is 1. The summed E-state index contributed by atoms with van der Waals surface area (Å²) in [5, 5.41) is 0. The number of benzene rings is 4. The second kappa shape index (κ2) is 13.2. The van der Waals surface area contributed by atoms with Crippen LogP contribution in [0.5, 0.6) is 5.75 Å². The Balaban J connectivity index is 1.39. The van der Waals surface area contributed by atoms with Crippen molar-refractivity contribution in [2.45, 2.75) is 50.6 Å². The third-order valence-electron chi connectivity index (χ3n) is 8.27. The van der Waals surface area contributed by atoms with Gasteiger partial charge in [0.05, 0.1) is 5.56 Å². The van der Waals surface area contributed by atoms with Crippen molar-refractivity contribution < 1.29 is 48.6 Å². The normalized spacial score (nSPS) is 16.8. The number of hydrogen-bond donors (Lipinski definition) is 0. The SMILES string of the molecule is C=CCCC1CCC(c2ccc(-c3cc(F)c(-c4cc(F)c(C(F)(F)Oc5cc(F)c(F)c(F)c5)c(F)c4)c(F)c3)c(F)c2)CC1. The molecule has 4 aromatic rings. The summed E-state index contributed by atoms with van der Waals surface area (Å²) in [5.41, 5.74) is -3.38. The second-order valence-electron chi connectivity index (χ2n) is 11.3. The summed E-state index contributed by atoms with van der Waals surface area (Å²) >= 11 is 0. The van der Waals surface area contributed by atoms with Crippen LogP contribution in [0.4, 0.5) is 43.9 Å². The third kappa shape index (κ3) is 6.78. The molecule has 1 fully saturated rings. The number of halogens is 10. The van der Waals surface area contributed by atoms with Crippen LogP contribution in [-0.4, -0.2) is 0 Å². The molecule has 1 saturated carbocycles. The fraction of sp³-hybridized carbons (Fsp3) is 0.257. The lowest BCUT2D eigenvalue weighted by Crippen LogP contribution is -2.25. The van der Waals surface area contributed by atoms with Crippen molar-refractivity contribution in [2.75, 3.05) is 0 Å². The largest absolute Gasteiger partial charge is 0.432 e. The first kappa shape index (κ1) is 33.1. The van der Waals surface area contributed by atoms with E-state index in [1.54, 1.807) is 6.07 Å². The molecule has 0 atom stereocenters. The molecular formula is C35H26F10O. The van der Waals surface area contributed by atoms with Crippen LogP contribution in [0.2, 0.25) is 0 Å². The van der Waals surface area contributed by atoms with E-state index < -0.39 is 75.1 Å². The first-order valence-electron chi connectivity index (χ1n) is 14.4. The standard InChI is InChI=1S/C35H26F10O/c1-2-3-4-18-5-7-19(8-6-18)20-9-10-24(25(36)11-20)21-12-26(37)32(27(38)13-21)22-14-28(39)33(29(40)15-22)35(44,45)46-23-16-30(41)34(43)31(42)17-23/h2,9-19H,1,3-8H2. The average Bonchev–Trinajstić information content (AvgIpc) is 2.98. The molecular weight excluding hydrogens is 626 g/mol. The minimum Gasteiger partial charge on any atom is -0.429 e. The molecule has 46 heavy (non-hydrogen) atoms. The Hall–Kier alpha value is -4.28. The first-order valence-corrected chi connectivity index (χ1v) is 14.4. The smallest absolute Gasteiger partial charge is 0.429 e. The van der Waals surface area contributed by atoms with Gasteiger partial charge in [-0.1, -0.05) is 18.2 Å². The highest BCUT2D eigenvalue weighted by Crippen LogP contribution is 2.41. The van der Waals surface area contributed by atoms with Gasteiger partial charge in [-0.3, -0.25) is 0 Å². The number of allylic oxidation sites excluding steroid dienone is 1. The van der Waals surface area contributed by atoms with E-state index in [2.05, 4.69) is 11.3 Å². The van der Waals surface area contributed by atoms with Gasteiger partial charge in [-0.2, -0.15) is 8.78 Å². The molecule has 1 aliphatic rings. The highest BCUT2D eigenvalue weighted by atomic mass is 19.3. The van der Waals surface area contributed by atoms with Crippen molar-refractivity contribution in [2.24, 2.45) is 5.92 Å². The maximum absolute atomic E-state index is 15.2. The van der Waals surface area contributed by atoms with E-state index in [0.29, 0.717) is 5.92 Å². The molecule has 0 aromatic heterocycles. The number of rotatable bonds is 9. The van der Waals surface area contributed by atoms with Gasteiger partial charge in [-0.05, 0) is 97.4 Å². The topological polar surface area (TPSA) is 9.23 Å². The van der Waals surface area contributed by atoms with E-state index in [0.717, 1.165) is 56.2 Å². The minimum atomic E-state index is -4.89. The van der Waals surface area contributed by atoms with Crippen molar-refractivity contribution in [3.63, 3.8) is 0 Å². The molecule has 0 heterocycles. The van der Waals surface area contributed by atoms with E-state index in [-0.39, 0.29) is 41.3 Å². The lowest BCUT2D eigenvalue weighted by molar-refractivity contribution is -0.189. The monoisotopic (exact) mass is 652 g/mol. The van der Waals surface area contributed by atoms with Crippen molar-refractivity contribution in [3.05, 3.63) is 125 Å². The molecule has 0 spiro atoms. The lowest BCUT2D eigenvalue weighted by atomic mass is 9.77. The second-order valence-corrected chi connectivity index (χ2v) is 11.3. The number of alkyl halides is 2. The molecule has 1 aliphatic carbocycles. The summed E-state index contributed by atoms with van der Waals surface area (Å²) in [6.45, 7) is 3.74. The lowest BCUT2D eigenvalue weighted by Gasteiger charge is -2.28. The van der Waals surface area contributed by atoms with Gasteiger partial charge in [0.2, 0.25) is 0 Å².